The number of hydrazone groups is 1. The van der Waals surface area contributed by atoms with Crippen molar-refractivity contribution in [2.45, 2.75) is 13.0 Å². The molecule has 1 saturated heterocycles. The van der Waals surface area contributed by atoms with Crippen molar-refractivity contribution in [3.05, 3.63) is 53.6 Å². The molecule has 4 rings (SSSR count). The van der Waals surface area contributed by atoms with Gasteiger partial charge >= 0.3 is 5.97 Å². The summed E-state index contributed by atoms with van der Waals surface area (Å²) in [6.07, 6.45) is 0. The maximum absolute atomic E-state index is 13.4. The molecule has 0 radical (unpaired) electrons. The monoisotopic (exact) mass is 427 g/mol. The van der Waals surface area contributed by atoms with Gasteiger partial charge < -0.3 is 9.47 Å². The summed E-state index contributed by atoms with van der Waals surface area (Å²) >= 11 is 6.10. The number of benzene rings is 2. The second-order valence-corrected chi connectivity index (χ2v) is 7.07. The molecule has 0 bridgehead atoms. The topological polar surface area (TPSA) is 88.5 Å². The van der Waals surface area contributed by atoms with E-state index in [-0.39, 0.29) is 12.3 Å². The van der Waals surface area contributed by atoms with Crippen molar-refractivity contribution in [1.82, 2.24) is 0 Å². The van der Waals surface area contributed by atoms with Gasteiger partial charge in [-0.2, -0.15) is 5.10 Å². The summed E-state index contributed by atoms with van der Waals surface area (Å²) in [5, 5.41) is 6.08. The predicted octanol–water partition coefficient (Wildman–Crippen LogP) is 2.65. The molecule has 9 heteroatoms. The van der Waals surface area contributed by atoms with Crippen LogP contribution in [0.25, 0.3) is 0 Å². The molecule has 0 saturated carbocycles. The number of rotatable bonds is 5. The fraction of sp³-hybridized carbons (Fsp3) is 0.238. The van der Waals surface area contributed by atoms with Crippen molar-refractivity contribution in [3.8, 4) is 5.75 Å². The van der Waals surface area contributed by atoms with E-state index in [1.807, 2.05) is 0 Å². The Morgan fingerprint density at radius 1 is 1.13 bits per heavy atom. The van der Waals surface area contributed by atoms with Crippen molar-refractivity contribution in [1.29, 1.82) is 0 Å². The van der Waals surface area contributed by atoms with Crippen LogP contribution in [0.1, 0.15) is 6.92 Å². The largest absolute Gasteiger partial charge is 0.495 e. The number of carbonyl (C=O) groups is 3. The Morgan fingerprint density at radius 3 is 2.60 bits per heavy atom. The molecule has 2 heterocycles. The van der Waals surface area contributed by atoms with E-state index in [9.17, 15) is 14.4 Å². The van der Waals surface area contributed by atoms with Crippen LogP contribution in [0.3, 0.4) is 0 Å². The van der Waals surface area contributed by atoms with Crippen LogP contribution in [0.4, 0.5) is 11.4 Å². The molecule has 2 aromatic rings. The normalized spacial score (nSPS) is 20.3. The third-order valence-corrected chi connectivity index (χ3v) is 5.17. The molecule has 2 aliphatic rings. The summed E-state index contributed by atoms with van der Waals surface area (Å²) in [5.74, 6) is -2.55. The Kier molecular flexibility index (Phi) is 5.17. The van der Waals surface area contributed by atoms with Crippen LogP contribution in [0, 0.1) is 5.92 Å². The van der Waals surface area contributed by atoms with E-state index in [1.54, 1.807) is 55.5 Å². The predicted molar refractivity (Wildman–Crippen MR) is 111 cm³/mol. The molecule has 0 aliphatic carbocycles. The first kappa shape index (κ1) is 19.9. The van der Waals surface area contributed by atoms with Gasteiger partial charge in [0.25, 0.3) is 5.91 Å². The van der Waals surface area contributed by atoms with Gasteiger partial charge in [-0.15, -0.1) is 0 Å². The van der Waals surface area contributed by atoms with Crippen molar-refractivity contribution in [2.75, 3.05) is 23.6 Å². The number of hydrogen-bond donors (Lipinski definition) is 0. The first-order valence-corrected chi connectivity index (χ1v) is 9.67. The van der Waals surface area contributed by atoms with E-state index in [1.165, 1.54) is 12.1 Å². The van der Waals surface area contributed by atoms with Crippen LogP contribution >= 0.6 is 11.6 Å². The number of imide groups is 1. The number of fused-ring (bicyclic) bond motifs is 1. The average molecular weight is 428 g/mol. The molecule has 0 spiro atoms. The number of methoxy groups -OCH3 is 1. The third-order valence-electron chi connectivity index (χ3n) is 4.93. The van der Waals surface area contributed by atoms with Crippen LogP contribution in [0.5, 0.6) is 5.75 Å². The average Bonchev–Trinajstić information content (AvgIpc) is 3.25. The third kappa shape index (κ3) is 3.09. The number of para-hydroxylation sites is 2. The first-order chi connectivity index (χ1) is 14.5. The molecule has 2 aliphatic heterocycles. The first-order valence-electron chi connectivity index (χ1n) is 9.29. The lowest BCUT2D eigenvalue weighted by Crippen LogP contribution is -2.39. The van der Waals surface area contributed by atoms with Gasteiger partial charge in [0.15, 0.2) is 5.71 Å². The molecule has 2 atom stereocenters. The highest BCUT2D eigenvalue weighted by Gasteiger charge is 2.59. The molecule has 2 amide bonds. The number of anilines is 2. The van der Waals surface area contributed by atoms with E-state index in [0.717, 1.165) is 4.90 Å². The standard InChI is InChI=1S/C21H18ClN3O5/c1-3-30-21(28)17-16-18(25(23-17)13-8-6-7-12(22)11-13)20(27)24(19(16)26)14-9-4-5-10-15(14)29-2/h4-11,16,18H,3H2,1-2H3/t16-,18+/m0/s1. The number of hydrogen-bond acceptors (Lipinski definition) is 7. The van der Waals surface area contributed by atoms with Crippen LogP contribution in [-0.2, 0) is 19.1 Å². The molecule has 0 aromatic heterocycles. The Balaban J connectivity index is 1.82. The fourth-order valence-electron chi connectivity index (χ4n) is 3.67. The Bertz CT molecular complexity index is 1070. The smallest absolute Gasteiger partial charge is 0.355 e. The SMILES string of the molecule is CCOC(=O)C1=NN(c2cccc(Cl)c2)[C@H]2C(=O)N(c3ccccc3OC)C(=O)[C@@H]12. The van der Waals surface area contributed by atoms with Gasteiger partial charge in [0.1, 0.15) is 17.7 Å². The highest BCUT2D eigenvalue weighted by molar-refractivity contribution is 6.47. The van der Waals surface area contributed by atoms with E-state index >= 15 is 0 Å². The van der Waals surface area contributed by atoms with Crippen molar-refractivity contribution < 1.29 is 23.9 Å². The zero-order chi connectivity index (χ0) is 21.4. The van der Waals surface area contributed by atoms with Crippen molar-refractivity contribution in [2.24, 2.45) is 11.0 Å². The minimum atomic E-state index is -1.10. The highest BCUT2D eigenvalue weighted by atomic mass is 35.5. The summed E-state index contributed by atoms with van der Waals surface area (Å²) in [4.78, 5) is 40.3. The molecule has 154 valence electrons. The minimum Gasteiger partial charge on any atom is -0.495 e. The lowest BCUT2D eigenvalue weighted by atomic mass is 9.98. The second-order valence-electron chi connectivity index (χ2n) is 6.64. The molecule has 0 unspecified atom stereocenters. The number of halogens is 1. The van der Waals surface area contributed by atoms with E-state index < -0.39 is 29.7 Å². The van der Waals surface area contributed by atoms with Crippen LogP contribution in [0.15, 0.2) is 53.6 Å². The zero-order valence-electron chi connectivity index (χ0n) is 16.2. The number of esters is 1. The molecular weight excluding hydrogens is 410 g/mol. The molecule has 1 fully saturated rings. The number of carbonyl (C=O) groups excluding carboxylic acids is 3. The van der Waals surface area contributed by atoms with Gasteiger partial charge in [-0.25, -0.2) is 9.69 Å². The van der Waals surface area contributed by atoms with E-state index in [2.05, 4.69) is 5.10 Å². The maximum atomic E-state index is 13.4. The fourth-order valence-corrected chi connectivity index (χ4v) is 3.86. The van der Waals surface area contributed by atoms with Crippen LogP contribution in [-0.4, -0.2) is 43.3 Å². The molecular formula is C21H18ClN3O5. The number of nitrogens with zero attached hydrogens (tertiary/aromatic N) is 3. The molecule has 0 N–H and O–H groups in total. The van der Waals surface area contributed by atoms with Crippen LogP contribution in [0.2, 0.25) is 5.02 Å². The summed E-state index contributed by atoms with van der Waals surface area (Å²) in [6, 6.07) is 12.4. The minimum absolute atomic E-state index is 0.113. The lowest BCUT2D eigenvalue weighted by Gasteiger charge is -2.23. The molecule has 2 aromatic carbocycles. The van der Waals surface area contributed by atoms with E-state index in [0.29, 0.717) is 22.1 Å². The molecule has 8 nitrogen and oxygen atoms in total. The number of amides is 2. The van der Waals surface area contributed by atoms with Gasteiger partial charge in [-0.3, -0.25) is 14.6 Å². The van der Waals surface area contributed by atoms with Gasteiger partial charge in [0.2, 0.25) is 5.91 Å². The van der Waals surface area contributed by atoms with Crippen molar-refractivity contribution in [3.63, 3.8) is 0 Å². The second kappa shape index (κ2) is 7.79. The van der Waals surface area contributed by atoms with Gasteiger partial charge in [0.05, 0.1) is 25.1 Å². The van der Waals surface area contributed by atoms with Gasteiger partial charge in [-0.1, -0.05) is 29.8 Å². The summed E-state index contributed by atoms with van der Waals surface area (Å²) < 4.78 is 10.4. The van der Waals surface area contributed by atoms with Crippen molar-refractivity contribution >= 4 is 46.5 Å². The Labute approximate surface area is 177 Å². The Morgan fingerprint density at radius 2 is 1.90 bits per heavy atom. The summed E-state index contributed by atoms with van der Waals surface area (Å²) in [6.45, 7) is 1.77. The van der Waals surface area contributed by atoms with Crippen LogP contribution < -0.4 is 14.6 Å². The van der Waals surface area contributed by atoms with E-state index in [4.69, 9.17) is 21.1 Å². The lowest BCUT2D eigenvalue weighted by molar-refractivity contribution is -0.136. The highest BCUT2D eigenvalue weighted by Crippen LogP contribution is 2.40. The van der Waals surface area contributed by atoms with Gasteiger partial charge in [0, 0.05) is 5.02 Å². The van der Waals surface area contributed by atoms with Gasteiger partial charge in [-0.05, 0) is 37.3 Å². The summed E-state index contributed by atoms with van der Waals surface area (Å²) in [5.41, 5.74) is 0.677. The molecule has 30 heavy (non-hydrogen) atoms. The zero-order valence-corrected chi connectivity index (χ0v) is 17.0. The maximum Gasteiger partial charge on any atom is 0.355 e. The number of ether oxygens (including phenoxy) is 2. The Hall–Kier alpha value is -3.39. The summed E-state index contributed by atoms with van der Waals surface area (Å²) in [7, 11) is 1.45. The quantitative estimate of drug-likeness (QED) is 0.538.